The third-order valence-corrected chi connectivity index (χ3v) is 8.29. The zero-order valence-corrected chi connectivity index (χ0v) is 23.7. The van der Waals surface area contributed by atoms with E-state index >= 15 is 0 Å². The number of benzene rings is 1. The molecule has 0 saturated carbocycles. The Hall–Kier alpha value is -4.49. The normalized spacial score (nSPS) is 17.1. The monoisotopic (exact) mass is 545 g/mol. The van der Waals surface area contributed by atoms with Crippen LogP contribution in [0.3, 0.4) is 0 Å². The number of pyridine rings is 1. The molecule has 2 aliphatic heterocycles. The summed E-state index contributed by atoms with van der Waals surface area (Å²) < 4.78 is 4.30. The lowest BCUT2D eigenvalue weighted by Gasteiger charge is -2.33. The van der Waals surface area contributed by atoms with Gasteiger partial charge in [0.1, 0.15) is 0 Å². The van der Waals surface area contributed by atoms with E-state index in [1.807, 2.05) is 73.4 Å². The summed E-state index contributed by atoms with van der Waals surface area (Å²) in [5, 5.41) is 0.998. The minimum absolute atomic E-state index is 0.229. The van der Waals surface area contributed by atoms with Crippen LogP contribution in [0.2, 0.25) is 0 Å². The van der Waals surface area contributed by atoms with E-state index in [4.69, 9.17) is 0 Å². The molecule has 1 saturated heterocycles. The maximum absolute atomic E-state index is 13.8. The summed E-state index contributed by atoms with van der Waals surface area (Å²) >= 11 is 0. The Labute approximate surface area is 240 Å². The summed E-state index contributed by atoms with van der Waals surface area (Å²) in [5.41, 5.74) is 5.65. The van der Waals surface area contributed by atoms with Crippen LogP contribution >= 0.6 is 0 Å². The van der Waals surface area contributed by atoms with Crippen molar-refractivity contribution in [2.75, 3.05) is 19.6 Å². The molecule has 1 fully saturated rings. The molecule has 5 heterocycles. The second-order valence-corrected chi connectivity index (χ2v) is 10.8. The second-order valence-electron chi connectivity index (χ2n) is 10.8. The third-order valence-electron chi connectivity index (χ3n) is 8.29. The van der Waals surface area contributed by atoms with Gasteiger partial charge in [0.05, 0.1) is 16.8 Å². The lowest BCUT2D eigenvalue weighted by Crippen LogP contribution is -2.34. The molecule has 0 bridgehead atoms. The molecule has 0 unspecified atom stereocenters. The number of carbonyl (C=O) groups excluding carboxylic acids is 2. The first-order valence-corrected chi connectivity index (χ1v) is 14.3. The first kappa shape index (κ1) is 26.7. The number of likely N-dealkylation sites (N-methyl/N-ethyl adjacent to an activating group) is 1. The molecule has 6 rings (SSSR count). The zero-order chi connectivity index (χ0) is 28.5. The van der Waals surface area contributed by atoms with Gasteiger partial charge in [-0.1, -0.05) is 43.0 Å². The molecule has 208 valence electrons. The standard InChI is InChI=1S/C34H35N5O2/c1-4-6-12-27-20-24(21-36(27)3)31-32(34(41)38(5-2)33(31)40)29-23-39(30-14-8-7-13-28(29)30)26-15-18-37(19-16-26)22-25-11-9-10-17-35-25/h4,6-14,17,20-21,23,26H,1,5,15-16,18-19,22H2,2-3H3/b12-6-. The van der Waals surface area contributed by atoms with Crippen molar-refractivity contribution in [3.8, 4) is 0 Å². The SMILES string of the molecule is C=C/C=C\c1cc(C2=C(c3cn(C4CCN(Cc5ccccn5)CC4)c4ccccc34)C(=O)N(CC)C2=O)cn1C. The number of aryl methyl sites for hydroxylation is 1. The molecule has 4 aromatic rings. The molecule has 0 radical (unpaired) electrons. The Morgan fingerprint density at radius 1 is 1.00 bits per heavy atom. The Bertz CT molecular complexity index is 1680. The molecule has 0 atom stereocenters. The van der Waals surface area contributed by atoms with Crippen molar-refractivity contribution in [2.24, 2.45) is 7.05 Å². The Morgan fingerprint density at radius 3 is 2.49 bits per heavy atom. The number of piperidine rings is 1. The molecule has 2 aliphatic rings. The molecular weight excluding hydrogens is 510 g/mol. The van der Waals surface area contributed by atoms with Crippen molar-refractivity contribution in [1.29, 1.82) is 0 Å². The largest absolute Gasteiger partial charge is 0.350 e. The van der Waals surface area contributed by atoms with Gasteiger partial charge in [-0.3, -0.25) is 24.4 Å². The fraction of sp³-hybridized carbons (Fsp3) is 0.265. The maximum Gasteiger partial charge on any atom is 0.262 e. The minimum atomic E-state index is -0.239. The van der Waals surface area contributed by atoms with E-state index in [0.717, 1.165) is 65.9 Å². The number of rotatable bonds is 8. The van der Waals surface area contributed by atoms with Crippen LogP contribution in [-0.2, 0) is 23.2 Å². The Balaban J connectivity index is 1.39. The average Bonchev–Trinajstić information content (AvgIpc) is 3.63. The molecule has 7 heteroatoms. The van der Waals surface area contributed by atoms with Crippen LogP contribution in [0, 0.1) is 0 Å². The van der Waals surface area contributed by atoms with E-state index in [1.165, 1.54) is 4.90 Å². The van der Waals surface area contributed by atoms with Gasteiger partial charge in [0, 0.05) is 85.6 Å². The molecule has 0 spiro atoms. The van der Waals surface area contributed by atoms with E-state index in [2.05, 4.69) is 45.4 Å². The van der Waals surface area contributed by atoms with E-state index in [0.29, 0.717) is 23.7 Å². The van der Waals surface area contributed by atoms with Gasteiger partial charge in [-0.05, 0) is 50.1 Å². The summed E-state index contributed by atoms with van der Waals surface area (Å²) in [7, 11) is 1.94. The fourth-order valence-corrected chi connectivity index (χ4v) is 6.21. The fourth-order valence-electron chi connectivity index (χ4n) is 6.21. The predicted octanol–water partition coefficient (Wildman–Crippen LogP) is 5.71. The zero-order valence-electron chi connectivity index (χ0n) is 23.7. The van der Waals surface area contributed by atoms with Crippen molar-refractivity contribution in [3.63, 3.8) is 0 Å². The van der Waals surface area contributed by atoms with Gasteiger partial charge in [0.2, 0.25) is 0 Å². The van der Waals surface area contributed by atoms with E-state index < -0.39 is 0 Å². The van der Waals surface area contributed by atoms with Crippen LogP contribution in [0.4, 0.5) is 0 Å². The Kier molecular flexibility index (Phi) is 7.28. The molecular formula is C34H35N5O2. The Morgan fingerprint density at radius 2 is 1.76 bits per heavy atom. The summed E-state index contributed by atoms with van der Waals surface area (Å²) in [6.07, 6.45) is 13.4. The molecule has 0 N–H and O–H groups in total. The number of allylic oxidation sites excluding steroid dienone is 2. The molecule has 1 aromatic carbocycles. The van der Waals surface area contributed by atoms with Gasteiger partial charge >= 0.3 is 0 Å². The van der Waals surface area contributed by atoms with Crippen LogP contribution in [-0.4, -0.2) is 55.4 Å². The van der Waals surface area contributed by atoms with Crippen molar-refractivity contribution < 1.29 is 9.59 Å². The van der Waals surface area contributed by atoms with E-state index in [9.17, 15) is 9.59 Å². The smallest absolute Gasteiger partial charge is 0.262 e. The first-order chi connectivity index (χ1) is 20.0. The number of nitrogens with zero attached hydrogens (tertiary/aromatic N) is 5. The van der Waals surface area contributed by atoms with Gasteiger partial charge in [0.25, 0.3) is 11.8 Å². The number of likely N-dealkylation sites (tertiary alicyclic amines) is 1. The van der Waals surface area contributed by atoms with Crippen molar-refractivity contribution in [2.45, 2.75) is 32.4 Å². The summed E-state index contributed by atoms with van der Waals surface area (Å²) in [5.74, 6) is -0.468. The number of para-hydroxylation sites is 1. The number of aromatic nitrogens is 3. The van der Waals surface area contributed by atoms with Gasteiger partial charge in [0.15, 0.2) is 0 Å². The molecule has 3 aromatic heterocycles. The van der Waals surface area contributed by atoms with Gasteiger partial charge in [-0.2, -0.15) is 0 Å². The van der Waals surface area contributed by atoms with E-state index in [1.54, 1.807) is 6.08 Å². The highest BCUT2D eigenvalue weighted by molar-refractivity contribution is 6.49. The van der Waals surface area contributed by atoms with Crippen LogP contribution in [0.1, 0.15) is 48.3 Å². The highest BCUT2D eigenvalue weighted by Crippen LogP contribution is 2.41. The summed E-state index contributed by atoms with van der Waals surface area (Å²) in [6, 6.07) is 16.6. The molecule has 41 heavy (non-hydrogen) atoms. The van der Waals surface area contributed by atoms with Crippen molar-refractivity contribution >= 4 is 39.9 Å². The quantitative estimate of drug-likeness (QED) is 0.210. The lowest BCUT2D eigenvalue weighted by atomic mass is 9.97. The summed E-state index contributed by atoms with van der Waals surface area (Å²) in [6.45, 7) is 8.74. The topological polar surface area (TPSA) is 63.4 Å². The van der Waals surface area contributed by atoms with Crippen LogP contribution in [0.5, 0.6) is 0 Å². The number of carbonyl (C=O) groups is 2. The van der Waals surface area contributed by atoms with E-state index in [-0.39, 0.29) is 11.8 Å². The number of imide groups is 1. The van der Waals surface area contributed by atoms with Gasteiger partial charge in [-0.15, -0.1) is 0 Å². The molecule has 7 nitrogen and oxygen atoms in total. The second kappa shape index (κ2) is 11.2. The first-order valence-electron chi connectivity index (χ1n) is 14.3. The number of fused-ring (bicyclic) bond motifs is 1. The van der Waals surface area contributed by atoms with Crippen LogP contribution in [0.15, 0.2) is 85.9 Å². The third kappa shape index (κ3) is 4.87. The van der Waals surface area contributed by atoms with Crippen molar-refractivity contribution in [3.05, 3.63) is 108 Å². The predicted molar refractivity (Wildman–Crippen MR) is 164 cm³/mol. The molecule has 0 aliphatic carbocycles. The average molecular weight is 546 g/mol. The summed E-state index contributed by atoms with van der Waals surface area (Å²) in [4.78, 5) is 35.8. The van der Waals surface area contributed by atoms with Gasteiger partial charge < -0.3 is 9.13 Å². The number of amides is 2. The minimum Gasteiger partial charge on any atom is -0.350 e. The van der Waals surface area contributed by atoms with Crippen molar-refractivity contribution in [1.82, 2.24) is 23.9 Å². The molecule has 2 amide bonds. The van der Waals surface area contributed by atoms with Crippen LogP contribution in [0.25, 0.3) is 28.1 Å². The van der Waals surface area contributed by atoms with Crippen LogP contribution < -0.4 is 0 Å². The van der Waals surface area contributed by atoms with Gasteiger partial charge in [-0.25, -0.2) is 0 Å². The highest BCUT2D eigenvalue weighted by Gasteiger charge is 2.40. The number of hydrogen-bond acceptors (Lipinski definition) is 4. The lowest BCUT2D eigenvalue weighted by molar-refractivity contribution is -0.135. The highest BCUT2D eigenvalue weighted by atomic mass is 16.2. The maximum atomic E-state index is 13.8. The number of hydrogen-bond donors (Lipinski definition) is 0.